The van der Waals surface area contributed by atoms with Crippen LogP contribution >= 0.6 is 21.6 Å². The molecule has 0 unspecified atom stereocenters. The molecule has 0 atom stereocenters. The Labute approximate surface area is 125 Å². The second kappa shape index (κ2) is 6.58. The maximum atomic E-state index is 4.35. The summed E-state index contributed by atoms with van der Waals surface area (Å²) in [4.78, 5) is 1.55. The summed E-state index contributed by atoms with van der Waals surface area (Å²) >= 11 is 0. The van der Waals surface area contributed by atoms with E-state index in [9.17, 15) is 0 Å². The van der Waals surface area contributed by atoms with E-state index in [1.807, 2.05) is 48.5 Å². The predicted molar refractivity (Wildman–Crippen MR) is 82.7 cm³/mol. The van der Waals surface area contributed by atoms with Crippen LogP contribution in [0.15, 0.2) is 65.8 Å². The zero-order valence-electron chi connectivity index (χ0n) is 10.6. The molecule has 0 bridgehead atoms. The lowest BCUT2D eigenvalue weighted by atomic mass is 10.2. The van der Waals surface area contributed by atoms with E-state index < -0.39 is 0 Å². The van der Waals surface area contributed by atoms with Crippen LogP contribution < -0.4 is 0 Å². The molecule has 3 aromatic rings. The molecule has 1 aromatic heterocycles. The summed E-state index contributed by atoms with van der Waals surface area (Å²) in [6.45, 7) is 0. The third-order valence-electron chi connectivity index (χ3n) is 2.58. The van der Waals surface area contributed by atoms with Crippen molar-refractivity contribution in [3.05, 3.63) is 66.2 Å². The molecule has 2 aromatic carbocycles. The Hall–Kier alpha value is -1.79. The molecular weight excluding hydrogens is 288 g/mol. The first-order valence-corrected chi connectivity index (χ1v) is 8.42. The summed E-state index contributed by atoms with van der Waals surface area (Å²) in [6, 6.07) is 20.1. The Morgan fingerprint density at radius 2 is 1.60 bits per heavy atom. The van der Waals surface area contributed by atoms with Crippen LogP contribution in [-0.4, -0.2) is 20.2 Å². The van der Waals surface area contributed by atoms with Crippen molar-refractivity contribution in [1.29, 1.82) is 0 Å². The highest BCUT2D eigenvalue weighted by molar-refractivity contribution is 8.76. The van der Waals surface area contributed by atoms with Crippen molar-refractivity contribution >= 4 is 21.6 Å². The molecule has 0 amide bonds. The molecule has 3 rings (SSSR count). The monoisotopic (exact) mass is 300 g/mol. The van der Waals surface area contributed by atoms with Crippen molar-refractivity contribution in [1.82, 2.24) is 20.2 Å². The van der Waals surface area contributed by atoms with Gasteiger partial charge in [0.05, 0.1) is 5.69 Å². The molecule has 4 nitrogen and oxygen atoms in total. The SMILES string of the molecule is c1ccc(CSSc2nnn(-c3ccccc3)n2)cc1. The maximum absolute atomic E-state index is 4.35. The fourth-order valence-electron chi connectivity index (χ4n) is 1.63. The van der Waals surface area contributed by atoms with Gasteiger partial charge in [0.2, 0.25) is 5.16 Å². The number of tetrazole rings is 1. The molecule has 0 saturated heterocycles. The standard InChI is InChI=1S/C14H12N4S2/c1-3-7-12(8-4-1)11-19-20-14-15-17-18(16-14)13-9-5-2-6-10-13/h1-10H,11H2. The van der Waals surface area contributed by atoms with Gasteiger partial charge in [-0.25, -0.2) is 0 Å². The van der Waals surface area contributed by atoms with E-state index >= 15 is 0 Å². The molecule has 6 heteroatoms. The minimum Gasteiger partial charge on any atom is -0.130 e. The molecule has 0 spiro atoms. The van der Waals surface area contributed by atoms with Crippen molar-refractivity contribution in [3.8, 4) is 5.69 Å². The Morgan fingerprint density at radius 1 is 0.900 bits per heavy atom. The molecule has 0 aliphatic rings. The van der Waals surface area contributed by atoms with E-state index in [-0.39, 0.29) is 0 Å². The average Bonchev–Trinajstić information content (AvgIpc) is 2.98. The van der Waals surface area contributed by atoms with Gasteiger partial charge in [0.1, 0.15) is 0 Å². The number of para-hydroxylation sites is 1. The first-order valence-electron chi connectivity index (χ1n) is 6.11. The Kier molecular flexibility index (Phi) is 4.35. The van der Waals surface area contributed by atoms with Gasteiger partial charge in [-0.2, -0.15) is 0 Å². The zero-order valence-corrected chi connectivity index (χ0v) is 12.2. The van der Waals surface area contributed by atoms with Gasteiger partial charge in [0.15, 0.2) is 0 Å². The molecule has 100 valence electrons. The summed E-state index contributed by atoms with van der Waals surface area (Å²) < 4.78 is 0. The number of rotatable bonds is 5. The van der Waals surface area contributed by atoms with E-state index in [1.165, 1.54) is 5.56 Å². The lowest BCUT2D eigenvalue weighted by Crippen LogP contribution is -1.97. The largest absolute Gasteiger partial charge is 0.242 e. The highest BCUT2D eigenvalue weighted by atomic mass is 33.1. The van der Waals surface area contributed by atoms with Crippen LogP contribution in [0.5, 0.6) is 0 Å². The van der Waals surface area contributed by atoms with Crippen LogP contribution in [0.2, 0.25) is 0 Å². The third-order valence-corrected chi connectivity index (χ3v) is 4.62. The summed E-state index contributed by atoms with van der Waals surface area (Å²) in [6.07, 6.45) is 0. The Morgan fingerprint density at radius 3 is 2.35 bits per heavy atom. The fourth-order valence-corrected chi connectivity index (χ4v) is 3.40. The molecule has 0 N–H and O–H groups in total. The molecule has 0 saturated carbocycles. The molecule has 0 fully saturated rings. The van der Waals surface area contributed by atoms with E-state index in [1.54, 1.807) is 26.4 Å². The van der Waals surface area contributed by atoms with Crippen LogP contribution in [0.25, 0.3) is 5.69 Å². The van der Waals surface area contributed by atoms with Gasteiger partial charge in [-0.1, -0.05) is 59.3 Å². The van der Waals surface area contributed by atoms with Crippen LogP contribution in [0.3, 0.4) is 0 Å². The van der Waals surface area contributed by atoms with Crippen molar-refractivity contribution in [2.45, 2.75) is 10.9 Å². The molecule has 0 radical (unpaired) electrons. The van der Waals surface area contributed by atoms with E-state index in [0.29, 0.717) is 5.16 Å². The number of aromatic nitrogens is 4. The van der Waals surface area contributed by atoms with Gasteiger partial charge in [-0.15, -0.1) is 15.0 Å². The molecule has 1 heterocycles. The molecule has 0 aliphatic heterocycles. The van der Waals surface area contributed by atoms with E-state index in [4.69, 9.17) is 0 Å². The topological polar surface area (TPSA) is 43.6 Å². The number of nitrogens with zero attached hydrogens (tertiary/aromatic N) is 4. The smallest absolute Gasteiger partial charge is 0.130 e. The lowest BCUT2D eigenvalue weighted by Gasteiger charge is -1.98. The Balaban J connectivity index is 1.58. The fraction of sp³-hybridized carbons (Fsp3) is 0.0714. The highest BCUT2D eigenvalue weighted by Crippen LogP contribution is 2.30. The third kappa shape index (κ3) is 3.40. The average molecular weight is 300 g/mol. The second-order valence-corrected chi connectivity index (χ2v) is 6.29. The Bertz CT molecular complexity index is 655. The van der Waals surface area contributed by atoms with Crippen molar-refractivity contribution in [3.63, 3.8) is 0 Å². The van der Waals surface area contributed by atoms with Crippen molar-refractivity contribution in [2.75, 3.05) is 0 Å². The second-order valence-electron chi connectivity index (χ2n) is 4.03. The molecule has 20 heavy (non-hydrogen) atoms. The van der Waals surface area contributed by atoms with Gasteiger partial charge in [-0.05, 0) is 33.7 Å². The number of hydrogen-bond donors (Lipinski definition) is 0. The number of hydrogen-bond acceptors (Lipinski definition) is 5. The highest BCUT2D eigenvalue weighted by Gasteiger charge is 2.05. The molecular formula is C14H12N4S2. The summed E-state index contributed by atoms with van der Waals surface area (Å²) in [5.41, 5.74) is 2.21. The lowest BCUT2D eigenvalue weighted by molar-refractivity contribution is 0.717. The summed E-state index contributed by atoms with van der Waals surface area (Å²) in [5.74, 6) is 0.922. The van der Waals surface area contributed by atoms with Gasteiger partial charge in [0.25, 0.3) is 0 Å². The van der Waals surface area contributed by atoms with Crippen molar-refractivity contribution < 1.29 is 0 Å². The summed E-state index contributed by atoms with van der Waals surface area (Å²) in [5, 5.41) is 13.1. The van der Waals surface area contributed by atoms with E-state index in [0.717, 1.165) is 11.4 Å². The minimum absolute atomic E-state index is 0.676. The van der Waals surface area contributed by atoms with Gasteiger partial charge in [-0.3, -0.25) is 0 Å². The van der Waals surface area contributed by atoms with E-state index in [2.05, 4.69) is 27.5 Å². The first-order chi connectivity index (χ1) is 9.92. The molecule has 0 aliphatic carbocycles. The zero-order chi connectivity index (χ0) is 13.6. The minimum atomic E-state index is 0.676. The summed E-state index contributed by atoms with van der Waals surface area (Å²) in [7, 11) is 3.25. The quantitative estimate of drug-likeness (QED) is 0.674. The van der Waals surface area contributed by atoms with Crippen LogP contribution in [-0.2, 0) is 5.75 Å². The maximum Gasteiger partial charge on any atom is 0.242 e. The van der Waals surface area contributed by atoms with Gasteiger partial charge in [0, 0.05) is 5.75 Å². The van der Waals surface area contributed by atoms with Gasteiger partial charge < -0.3 is 0 Å². The van der Waals surface area contributed by atoms with Crippen LogP contribution in [0.1, 0.15) is 5.56 Å². The first kappa shape index (κ1) is 13.2. The van der Waals surface area contributed by atoms with Gasteiger partial charge >= 0.3 is 0 Å². The predicted octanol–water partition coefficient (Wildman–Crippen LogP) is 3.60. The van der Waals surface area contributed by atoms with Crippen molar-refractivity contribution in [2.24, 2.45) is 0 Å². The van der Waals surface area contributed by atoms with Crippen LogP contribution in [0.4, 0.5) is 0 Å². The number of benzene rings is 2. The van der Waals surface area contributed by atoms with Crippen LogP contribution in [0, 0.1) is 0 Å². The normalized spacial score (nSPS) is 10.6.